The van der Waals surface area contributed by atoms with Crippen LogP contribution in [0.3, 0.4) is 0 Å². The predicted molar refractivity (Wildman–Crippen MR) is 96.9 cm³/mol. The van der Waals surface area contributed by atoms with Crippen LogP contribution in [-0.2, 0) is 0 Å². The van der Waals surface area contributed by atoms with E-state index in [1.807, 2.05) is 39.0 Å². The fourth-order valence-electron chi connectivity index (χ4n) is 2.48. The SMILES string of the molecule is [C-]#[N+]c1cc2c(OC(C)C)nc(Nc3cc(C)[nH]n3)cc2cc1OC. The van der Waals surface area contributed by atoms with Crippen molar-refractivity contribution in [2.45, 2.75) is 26.9 Å². The largest absolute Gasteiger partial charge is 0.508 e. The second-order valence-corrected chi connectivity index (χ2v) is 5.90. The fourth-order valence-corrected chi connectivity index (χ4v) is 2.48. The molecule has 2 aromatic heterocycles. The van der Waals surface area contributed by atoms with Gasteiger partial charge in [0.25, 0.3) is 0 Å². The van der Waals surface area contributed by atoms with E-state index in [1.54, 1.807) is 13.2 Å². The van der Waals surface area contributed by atoms with E-state index in [1.165, 1.54) is 0 Å². The van der Waals surface area contributed by atoms with Crippen LogP contribution < -0.4 is 14.8 Å². The fraction of sp³-hybridized carbons (Fsp3) is 0.278. The third-order valence-electron chi connectivity index (χ3n) is 3.53. The molecule has 25 heavy (non-hydrogen) atoms. The lowest BCUT2D eigenvalue weighted by atomic mass is 10.1. The number of pyridine rings is 1. The van der Waals surface area contributed by atoms with Crippen LogP contribution in [0.4, 0.5) is 17.3 Å². The van der Waals surface area contributed by atoms with Gasteiger partial charge in [0.1, 0.15) is 11.6 Å². The predicted octanol–water partition coefficient (Wildman–Crippen LogP) is 4.36. The first-order valence-electron chi connectivity index (χ1n) is 7.86. The third kappa shape index (κ3) is 3.48. The lowest BCUT2D eigenvalue weighted by molar-refractivity contribution is 0.236. The van der Waals surface area contributed by atoms with Gasteiger partial charge in [-0.25, -0.2) is 4.85 Å². The van der Waals surface area contributed by atoms with Gasteiger partial charge in [0.05, 0.1) is 19.8 Å². The van der Waals surface area contributed by atoms with Crippen molar-refractivity contribution >= 4 is 28.1 Å². The Morgan fingerprint density at radius 1 is 1.20 bits per heavy atom. The van der Waals surface area contributed by atoms with E-state index >= 15 is 0 Å². The average molecular weight is 337 g/mol. The molecule has 3 aromatic rings. The molecule has 7 nitrogen and oxygen atoms in total. The van der Waals surface area contributed by atoms with Crippen LogP contribution in [0, 0.1) is 13.5 Å². The molecule has 0 aliphatic heterocycles. The van der Waals surface area contributed by atoms with Crippen molar-refractivity contribution < 1.29 is 9.47 Å². The minimum atomic E-state index is -0.0444. The molecule has 2 heterocycles. The van der Waals surface area contributed by atoms with E-state index in [2.05, 4.69) is 25.3 Å². The molecule has 0 unspecified atom stereocenters. The van der Waals surface area contributed by atoms with E-state index in [4.69, 9.17) is 16.0 Å². The molecule has 128 valence electrons. The van der Waals surface area contributed by atoms with Crippen molar-refractivity contribution in [2.75, 3.05) is 12.4 Å². The van der Waals surface area contributed by atoms with Gasteiger partial charge in [0.2, 0.25) is 11.6 Å². The number of nitrogens with one attached hydrogen (secondary N) is 2. The highest BCUT2D eigenvalue weighted by Gasteiger charge is 2.14. The highest BCUT2D eigenvalue weighted by molar-refractivity contribution is 5.94. The number of anilines is 2. The van der Waals surface area contributed by atoms with Crippen LogP contribution in [0.25, 0.3) is 15.6 Å². The minimum absolute atomic E-state index is 0.0444. The normalized spacial score (nSPS) is 10.7. The van der Waals surface area contributed by atoms with E-state index < -0.39 is 0 Å². The van der Waals surface area contributed by atoms with Crippen LogP contribution in [-0.4, -0.2) is 28.4 Å². The number of aromatic nitrogens is 3. The molecule has 0 spiro atoms. The maximum Gasteiger partial charge on any atom is 0.228 e. The van der Waals surface area contributed by atoms with Crippen LogP contribution in [0.1, 0.15) is 19.5 Å². The summed E-state index contributed by atoms with van der Waals surface area (Å²) in [6.07, 6.45) is -0.0444. The monoisotopic (exact) mass is 337 g/mol. The van der Waals surface area contributed by atoms with Gasteiger partial charge >= 0.3 is 0 Å². The molecule has 0 amide bonds. The van der Waals surface area contributed by atoms with Gasteiger partial charge in [-0.05, 0) is 44.4 Å². The number of aromatic amines is 1. The first-order valence-corrected chi connectivity index (χ1v) is 7.86. The van der Waals surface area contributed by atoms with E-state index in [0.29, 0.717) is 29.0 Å². The van der Waals surface area contributed by atoms with Crippen molar-refractivity contribution in [1.29, 1.82) is 0 Å². The molecule has 0 atom stereocenters. The Labute approximate surface area is 145 Å². The summed E-state index contributed by atoms with van der Waals surface area (Å²) in [6.45, 7) is 13.1. The minimum Gasteiger partial charge on any atom is -0.508 e. The summed E-state index contributed by atoms with van der Waals surface area (Å²) in [5.41, 5.74) is 1.37. The zero-order valence-electron chi connectivity index (χ0n) is 14.5. The van der Waals surface area contributed by atoms with Crippen LogP contribution >= 0.6 is 0 Å². The number of aryl methyl sites for hydroxylation is 1. The Balaban J connectivity index is 2.14. The first-order chi connectivity index (χ1) is 12.0. The zero-order valence-corrected chi connectivity index (χ0v) is 14.5. The summed E-state index contributed by atoms with van der Waals surface area (Å²) >= 11 is 0. The second-order valence-electron chi connectivity index (χ2n) is 5.90. The highest BCUT2D eigenvalue weighted by Crippen LogP contribution is 2.37. The number of ether oxygens (including phenoxy) is 2. The zero-order chi connectivity index (χ0) is 18.0. The second kappa shape index (κ2) is 6.69. The van der Waals surface area contributed by atoms with Crippen LogP contribution in [0.2, 0.25) is 0 Å². The third-order valence-corrected chi connectivity index (χ3v) is 3.53. The number of H-pyrrole nitrogens is 1. The molecule has 3 rings (SSSR count). The van der Waals surface area contributed by atoms with Crippen LogP contribution in [0.5, 0.6) is 11.6 Å². The molecule has 0 bridgehead atoms. The van der Waals surface area contributed by atoms with E-state index in [9.17, 15) is 0 Å². The van der Waals surface area contributed by atoms with Gasteiger partial charge in [-0.15, -0.1) is 0 Å². The number of methoxy groups -OCH3 is 1. The molecule has 0 aliphatic carbocycles. The number of fused-ring (bicyclic) bond motifs is 1. The molecule has 0 radical (unpaired) electrons. The molecular formula is C18H19N5O2. The maximum atomic E-state index is 7.33. The topological polar surface area (TPSA) is 76.4 Å². The summed E-state index contributed by atoms with van der Waals surface area (Å²) in [4.78, 5) is 8.06. The average Bonchev–Trinajstić information content (AvgIpc) is 2.98. The Bertz CT molecular complexity index is 956. The number of rotatable bonds is 5. The summed E-state index contributed by atoms with van der Waals surface area (Å²) in [6, 6.07) is 7.33. The van der Waals surface area contributed by atoms with E-state index in [0.717, 1.165) is 16.5 Å². The molecule has 0 fully saturated rings. The number of hydrogen-bond donors (Lipinski definition) is 2. The molecule has 0 saturated carbocycles. The number of benzene rings is 1. The molecule has 0 aliphatic rings. The van der Waals surface area contributed by atoms with Crippen molar-refractivity contribution in [3.05, 3.63) is 41.4 Å². The van der Waals surface area contributed by atoms with Gasteiger partial charge < -0.3 is 14.8 Å². The van der Waals surface area contributed by atoms with Crippen molar-refractivity contribution in [3.8, 4) is 11.6 Å². The van der Waals surface area contributed by atoms with Crippen molar-refractivity contribution in [1.82, 2.24) is 15.2 Å². The number of nitrogens with zero attached hydrogens (tertiary/aromatic N) is 3. The molecular weight excluding hydrogens is 318 g/mol. The standard InChI is InChI=1S/C18H19N5O2/c1-10(2)25-18-13-9-14(19-4)15(24-5)7-12(13)8-16(21-18)20-17-6-11(3)22-23-17/h6-10H,1-3,5H3,(H2,20,21,22,23). The van der Waals surface area contributed by atoms with E-state index in [-0.39, 0.29) is 6.10 Å². The molecule has 0 saturated heterocycles. The maximum absolute atomic E-state index is 7.33. The van der Waals surface area contributed by atoms with Crippen LogP contribution in [0.15, 0.2) is 24.3 Å². The lowest BCUT2D eigenvalue weighted by Crippen LogP contribution is -2.08. The molecule has 1 aromatic carbocycles. The highest BCUT2D eigenvalue weighted by atomic mass is 16.5. The summed E-state index contributed by atoms with van der Waals surface area (Å²) in [5, 5.41) is 11.8. The number of hydrogen-bond acceptors (Lipinski definition) is 5. The Kier molecular flexibility index (Phi) is 4.44. The smallest absolute Gasteiger partial charge is 0.228 e. The van der Waals surface area contributed by atoms with Gasteiger partial charge in [0, 0.05) is 17.1 Å². The Hall–Kier alpha value is -3.27. The van der Waals surface area contributed by atoms with Crippen molar-refractivity contribution in [3.63, 3.8) is 0 Å². The molecule has 7 heteroatoms. The lowest BCUT2D eigenvalue weighted by Gasteiger charge is -2.15. The van der Waals surface area contributed by atoms with Gasteiger partial charge in [-0.2, -0.15) is 10.1 Å². The summed E-state index contributed by atoms with van der Waals surface area (Å²) in [7, 11) is 1.55. The summed E-state index contributed by atoms with van der Waals surface area (Å²) in [5.74, 6) is 2.26. The Morgan fingerprint density at radius 2 is 2.00 bits per heavy atom. The van der Waals surface area contributed by atoms with Gasteiger partial charge in [0.15, 0.2) is 5.82 Å². The quantitative estimate of drug-likeness (QED) is 0.677. The van der Waals surface area contributed by atoms with Crippen molar-refractivity contribution in [2.24, 2.45) is 0 Å². The summed E-state index contributed by atoms with van der Waals surface area (Å²) < 4.78 is 11.2. The Morgan fingerprint density at radius 3 is 2.60 bits per heavy atom. The molecule has 2 N–H and O–H groups in total. The first kappa shape index (κ1) is 16.6. The van der Waals surface area contributed by atoms with Gasteiger partial charge in [-0.1, -0.05) is 0 Å². The van der Waals surface area contributed by atoms with Gasteiger partial charge in [-0.3, -0.25) is 5.10 Å².